The molecule has 1 fully saturated rings. The molecule has 0 saturated carbocycles. The molecule has 0 unspecified atom stereocenters. The molecule has 122 valence electrons. The van der Waals surface area contributed by atoms with E-state index >= 15 is 0 Å². The molecule has 2 aromatic heterocycles. The smallest absolute Gasteiger partial charge is 0.238 e. The number of nitrogens with zero attached hydrogens (tertiary/aromatic N) is 5. The molecule has 0 atom stereocenters. The maximum absolute atomic E-state index is 4.63. The highest BCUT2D eigenvalue weighted by atomic mass is 15.5. The predicted octanol–water partition coefficient (Wildman–Crippen LogP) is 2.27. The van der Waals surface area contributed by atoms with Crippen LogP contribution in [0.15, 0.2) is 48.9 Å². The second-order valence-electron chi connectivity index (χ2n) is 6.11. The van der Waals surface area contributed by atoms with E-state index in [1.54, 1.807) is 12.4 Å². The summed E-state index contributed by atoms with van der Waals surface area (Å²) in [4.78, 5) is 15.5. The van der Waals surface area contributed by atoms with Crippen LogP contribution in [0.2, 0.25) is 0 Å². The highest BCUT2D eigenvalue weighted by Gasteiger charge is 2.14. The molecule has 6 heteroatoms. The van der Waals surface area contributed by atoms with Gasteiger partial charge in [0.05, 0.1) is 5.52 Å². The monoisotopic (exact) mass is 320 g/mol. The summed E-state index contributed by atoms with van der Waals surface area (Å²) >= 11 is 0. The van der Waals surface area contributed by atoms with E-state index in [1.165, 1.54) is 0 Å². The highest BCUT2D eigenvalue weighted by molar-refractivity contribution is 5.84. The summed E-state index contributed by atoms with van der Waals surface area (Å²) in [6.07, 6.45) is 5.49. The lowest BCUT2D eigenvalue weighted by Gasteiger charge is -2.32. The predicted molar refractivity (Wildman–Crippen MR) is 95.5 cm³/mol. The molecular formula is C18H20N6. The topological polar surface area (TPSA) is 57.2 Å². The van der Waals surface area contributed by atoms with E-state index in [9.17, 15) is 0 Å². The van der Waals surface area contributed by atoms with Crippen molar-refractivity contribution in [3.8, 4) is 11.1 Å². The molecule has 1 N–H and O–H groups in total. The Labute approximate surface area is 141 Å². The molecule has 3 aromatic rings. The Morgan fingerprint density at radius 1 is 0.958 bits per heavy atom. The van der Waals surface area contributed by atoms with Crippen LogP contribution < -0.4 is 5.43 Å². The summed E-state index contributed by atoms with van der Waals surface area (Å²) in [7, 11) is 2.14. The van der Waals surface area contributed by atoms with Crippen molar-refractivity contribution >= 4 is 16.9 Å². The molecule has 0 aliphatic carbocycles. The number of rotatable bonds is 3. The first-order chi connectivity index (χ1) is 11.8. The number of benzene rings is 1. The van der Waals surface area contributed by atoms with E-state index in [1.807, 2.05) is 24.4 Å². The van der Waals surface area contributed by atoms with Crippen LogP contribution in [0.1, 0.15) is 0 Å². The molecule has 0 spiro atoms. The Kier molecular flexibility index (Phi) is 4.06. The van der Waals surface area contributed by atoms with Gasteiger partial charge in [-0.25, -0.2) is 15.0 Å². The van der Waals surface area contributed by atoms with Crippen molar-refractivity contribution < 1.29 is 0 Å². The fourth-order valence-corrected chi connectivity index (χ4v) is 2.87. The average molecular weight is 320 g/mol. The minimum Gasteiger partial charge on any atom is -0.304 e. The third-order valence-corrected chi connectivity index (χ3v) is 4.35. The van der Waals surface area contributed by atoms with Gasteiger partial charge < -0.3 is 4.90 Å². The molecule has 24 heavy (non-hydrogen) atoms. The van der Waals surface area contributed by atoms with Crippen molar-refractivity contribution in [2.24, 2.45) is 0 Å². The number of anilines is 1. The van der Waals surface area contributed by atoms with Crippen molar-refractivity contribution in [3.63, 3.8) is 0 Å². The van der Waals surface area contributed by atoms with E-state index in [0.29, 0.717) is 5.95 Å². The van der Waals surface area contributed by atoms with Gasteiger partial charge in [-0.15, -0.1) is 0 Å². The number of piperazine rings is 1. The fourth-order valence-electron chi connectivity index (χ4n) is 2.87. The molecular weight excluding hydrogens is 300 g/mol. The number of nitrogens with one attached hydrogen (secondary N) is 1. The van der Waals surface area contributed by atoms with Crippen LogP contribution in [-0.4, -0.2) is 58.1 Å². The van der Waals surface area contributed by atoms with Gasteiger partial charge in [-0.05, 0) is 42.4 Å². The second kappa shape index (κ2) is 6.51. The van der Waals surface area contributed by atoms with Gasteiger partial charge in [-0.1, -0.05) is 6.07 Å². The lowest BCUT2D eigenvalue weighted by Crippen LogP contribution is -2.47. The zero-order valence-corrected chi connectivity index (χ0v) is 13.7. The molecule has 1 aliphatic rings. The van der Waals surface area contributed by atoms with Gasteiger partial charge in [-0.2, -0.15) is 0 Å². The van der Waals surface area contributed by atoms with Crippen molar-refractivity contribution in [1.29, 1.82) is 0 Å². The van der Waals surface area contributed by atoms with Crippen LogP contribution in [0.5, 0.6) is 0 Å². The number of aromatic nitrogens is 3. The summed E-state index contributed by atoms with van der Waals surface area (Å²) in [6, 6.07) is 10.3. The zero-order valence-electron chi connectivity index (χ0n) is 13.7. The third-order valence-electron chi connectivity index (χ3n) is 4.35. The Morgan fingerprint density at radius 2 is 1.75 bits per heavy atom. The molecule has 1 aliphatic heterocycles. The van der Waals surface area contributed by atoms with Crippen LogP contribution in [0.3, 0.4) is 0 Å². The number of pyridine rings is 1. The average Bonchev–Trinajstić information content (AvgIpc) is 2.64. The molecule has 0 bridgehead atoms. The molecule has 0 radical (unpaired) electrons. The molecule has 0 amide bonds. The molecule has 1 saturated heterocycles. The number of likely N-dealkylation sites (N-methyl/N-ethyl adjacent to an activating group) is 1. The van der Waals surface area contributed by atoms with Gasteiger partial charge in [-0.3, -0.25) is 10.4 Å². The zero-order chi connectivity index (χ0) is 16.4. The second-order valence-corrected chi connectivity index (χ2v) is 6.11. The third kappa shape index (κ3) is 3.20. The summed E-state index contributed by atoms with van der Waals surface area (Å²) in [5.74, 6) is 0.656. The van der Waals surface area contributed by atoms with Crippen LogP contribution in [0.25, 0.3) is 22.0 Å². The van der Waals surface area contributed by atoms with Gasteiger partial charge >= 0.3 is 0 Å². The van der Waals surface area contributed by atoms with Crippen LogP contribution in [0, 0.1) is 0 Å². The van der Waals surface area contributed by atoms with Gasteiger partial charge in [0.25, 0.3) is 0 Å². The number of fused-ring (bicyclic) bond motifs is 1. The van der Waals surface area contributed by atoms with E-state index in [4.69, 9.17) is 0 Å². The lowest BCUT2D eigenvalue weighted by atomic mass is 10.1. The van der Waals surface area contributed by atoms with Crippen LogP contribution >= 0.6 is 0 Å². The van der Waals surface area contributed by atoms with Crippen molar-refractivity contribution in [2.45, 2.75) is 0 Å². The summed E-state index contributed by atoms with van der Waals surface area (Å²) < 4.78 is 0. The van der Waals surface area contributed by atoms with Gasteiger partial charge in [0.2, 0.25) is 5.95 Å². The number of hydrogen-bond donors (Lipinski definition) is 1. The molecule has 6 nitrogen and oxygen atoms in total. The van der Waals surface area contributed by atoms with Crippen LogP contribution in [-0.2, 0) is 0 Å². The minimum atomic E-state index is 0.656. The first-order valence-corrected chi connectivity index (χ1v) is 8.15. The summed E-state index contributed by atoms with van der Waals surface area (Å²) in [5, 5.41) is 3.21. The van der Waals surface area contributed by atoms with E-state index in [-0.39, 0.29) is 0 Å². The largest absolute Gasteiger partial charge is 0.304 e. The van der Waals surface area contributed by atoms with E-state index in [2.05, 4.69) is 49.5 Å². The van der Waals surface area contributed by atoms with Crippen LogP contribution in [0.4, 0.5) is 5.95 Å². The van der Waals surface area contributed by atoms with Crippen molar-refractivity contribution in [1.82, 2.24) is 24.9 Å². The summed E-state index contributed by atoms with van der Waals surface area (Å²) in [5.41, 5.74) is 6.55. The Hall–Kier alpha value is -2.57. The first-order valence-electron chi connectivity index (χ1n) is 8.15. The summed E-state index contributed by atoms with van der Waals surface area (Å²) in [6.45, 7) is 4.05. The standard InChI is InChI=1S/C18H20N6/c1-23-8-10-24(11-9-23)22-18-20-13-16-12-15(2-3-17(16)21-18)14-4-6-19-7-5-14/h2-7,12-13H,8-11H2,1H3,(H,20,21,22). The maximum atomic E-state index is 4.63. The number of hydrazine groups is 1. The molecule has 4 rings (SSSR count). The van der Waals surface area contributed by atoms with Gasteiger partial charge in [0, 0.05) is 50.2 Å². The molecule has 1 aromatic carbocycles. The van der Waals surface area contributed by atoms with E-state index < -0.39 is 0 Å². The Morgan fingerprint density at radius 3 is 2.54 bits per heavy atom. The fraction of sp³-hybridized carbons (Fsp3) is 0.278. The first kappa shape index (κ1) is 15.0. The Balaban J connectivity index is 1.56. The number of hydrogen-bond acceptors (Lipinski definition) is 6. The highest BCUT2D eigenvalue weighted by Crippen LogP contribution is 2.23. The van der Waals surface area contributed by atoms with Crippen molar-refractivity contribution in [2.75, 3.05) is 38.7 Å². The van der Waals surface area contributed by atoms with Crippen molar-refractivity contribution in [3.05, 3.63) is 48.9 Å². The normalized spacial score (nSPS) is 16.4. The minimum absolute atomic E-state index is 0.656. The quantitative estimate of drug-likeness (QED) is 0.799. The van der Waals surface area contributed by atoms with Gasteiger partial charge in [0.1, 0.15) is 0 Å². The maximum Gasteiger partial charge on any atom is 0.238 e. The molecule has 3 heterocycles. The Bertz CT molecular complexity index is 827. The SMILES string of the molecule is CN1CCN(Nc2ncc3cc(-c4ccncc4)ccc3n2)CC1. The van der Waals surface area contributed by atoms with Gasteiger partial charge in [0.15, 0.2) is 0 Å². The van der Waals surface area contributed by atoms with E-state index in [0.717, 1.165) is 48.2 Å². The lowest BCUT2D eigenvalue weighted by molar-refractivity contribution is 0.178.